The number of guanidine groups is 1. The third-order valence-corrected chi connectivity index (χ3v) is 6.28. The van der Waals surface area contributed by atoms with E-state index in [1.165, 1.54) is 0 Å². The molecule has 7 N–H and O–H groups in total. The van der Waals surface area contributed by atoms with Gasteiger partial charge in [-0.25, -0.2) is 0 Å². The van der Waals surface area contributed by atoms with Crippen molar-refractivity contribution < 1.29 is 19.5 Å². The van der Waals surface area contributed by atoms with E-state index >= 15 is 0 Å². The van der Waals surface area contributed by atoms with Gasteiger partial charge in [-0.05, 0) is 44.2 Å². The van der Waals surface area contributed by atoms with Crippen LogP contribution in [-0.2, 0) is 9.59 Å². The number of amides is 2. The lowest BCUT2D eigenvalue weighted by atomic mass is 9.97. The fraction of sp³-hybridized carbons (Fsp3) is 0.333. The maximum absolute atomic E-state index is 13.9. The van der Waals surface area contributed by atoms with Crippen LogP contribution in [0, 0.1) is 0 Å². The second kappa shape index (κ2) is 14.5. The largest absolute Gasteiger partial charge is 0.481 e. The molecule has 0 saturated heterocycles. The molecule has 0 saturated carbocycles. The van der Waals surface area contributed by atoms with Gasteiger partial charge in [0.25, 0.3) is 5.91 Å². The van der Waals surface area contributed by atoms with Gasteiger partial charge in [0, 0.05) is 37.5 Å². The van der Waals surface area contributed by atoms with Crippen molar-refractivity contribution >= 4 is 29.6 Å². The first-order valence-electron chi connectivity index (χ1n) is 13.4. The lowest BCUT2D eigenvalue weighted by Gasteiger charge is -2.19. The first kappa shape index (κ1) is 29.9. The number of carbonyl (C=O) groups is 3. The number of aromatic nitrogens is 1. The van der Waals surface area contributed by atoms with E-state index in [0.29, 0.717) is 42.9 Å². The number of benzene rings is 2. The molecule has 0 aliphatic carbocycles. The molecule has 10 heteroatoms. The first-order chi connectivity index (χ1) is 19.2. The van der Waals surface area contributed by atoms with Crippen LogP contribution < -0.4 is 22.1 Å². The molecule has 1 heterocycles. The minimum absolute atomic E-state index is 0.0166. The zero-order valence-electron chi connectivity index (χ0n) is 23.0. The highest BCUT2D eigenvalue weighted by Crippen LogP contribution is 2.43. The fourth-order valence-electron chi connectivity index (χ4n) is 4.55. The Morgan fingerprint density at radius 2 is 1.52 bits per heavy atom. The highest BCUT2D eigenvalue weighted by Gasteiger charge is 2.31. The summed E-state index contributed by atoms with van der Waals surface area (Å²) in [7, 11) is 0. The van der Waals surface area contributed by atoms with Gasteiger partial charge in [0.2, 0.25) is 5.91 Å². The predicted molar refractivity (Wildman–Crippen MR) is 158 cm³/mol. The summed E-state index contributed by atoms with van der Waals surface area (Å²) in [5.74, 6) is -1.23. The molecule has 2 aromatic carbocycles. The third kappa shape index (κ3) is 7.95. The van der Waals surface area contributed by atoms with Crippen LogP contribution >= 0.6 is 0 Å². The monoisotopic (exact) mass is 546 g/mol. The second-order valence-electron chi connectivity index (χ2n) is 9.71. The van der Waals surface area contributed by atoms with E-state index in [9.17, 15) is 14.4 Å². The van der Waals surface area contributed by atoms with Crippen LogP contribution in [0.15, 0.2) is 65.7 Å². The Labute approximate surface area is 234 Å². The molecule has 40 heavy (non-hydrogen) atoms. The van der Waals surface area contributed by atoms with Gasteiger partial charge in [-0.3, -0.25) is 19.4 Å². The summed E-state index contributed by atoms with van der Waals surface area (Å²) >= 11 is 0. The SMILES string of the molecule is CC(C)n1c(NC(=O)CCCC(=O)O)c(C(=O)NCCCCN=C(N)N)c(-c2ccccc2)c1-c1ccccc1. The van der Waals surface area contributed by atoms with Crippen LogP contribution in [0.4, 0.5) is 5.82 Å². The van der Waals surface area contributed by atoms with Gasteiger partial charge < -0.3 is 31.8 Å². The summed E-state index contributed by atoms with van der Waals surface area (Å²) in [5, 5.41) is 15.0. The molecular weight excluding hydrogens is 508 g/mol. The Kier molecular flexibility index (Phi) is 10.9. The minimum Gasteiger partial charge on any atom is -0.481 e. The Morgan fingerprint density at radius 3 is 2.10 bits per heavy atom. The fourth-order valence-corrected chi connectivity index (χ4v) is 4.55. The van der Waals surface area contributed by atoms with E-state index in [0.717, 1.165) is 16.8 Å². The Balaban J connectivity index is 2.12. The van der Waals surface area contributed by atoms with E-state index in [1.54, 1.807) is 0 Å². The quantitative estimate of drug-likeness (QED) is 0.114. The molecule has 0 bridgehead atoms. The number of rotatable bonds is 14. The number of anilines is 1. The number of hydrogen-bond donors (Lipinski definition) is 5. The Morgan fingerprint density at radius 1 is 0.900 bits per heavy atom. The number of aliphatic imine (C=N–C) groups is 1. The van der Waals surface area contributed by atoms with Gasteiger partial charge in [0.05, 0.1) is 11.3 Å². The van der Waals surface area contributed by atoms with Crippen molar-refractivity contribution in [1.29, 1.82) is 0 Å². The van der Waals surface area contributed by atoms with E-state index < -0.39 is 5.97 Å². The molecule has 0 aliphatic heterocycles. The summed E-state index contributed by atoms with van der Waals surface area (Å²) in [6.07, 6.45) is 1.45. The molecular formula is C30H38N6O4. The van der Waals surface area contributed by atoms with Crippen molar-refractivity contribution in [3.8, 4) is 22.4 Å². The number of nitrogens with zero attached hydrogens (tertiary/aromatic N) is 2. The molecule has 0 radical (unpaired) electrons. The second-order valence-corrected chi connectivity index (χ2v) is 9.71. The number of aliphatic carboxylic acids is 1. The zero-order chi connectivity index (χ0) is 29.1. The average molecular weight is 547 g/mol. The number of nitrogens with two attached hydrogens (primary N) is 2. The third-order valence-electron chi connectivity index (χ3n) is 6.28. The number of hydrogen-bond acceptors (Lipinski definition) is 4. The van der Waals surface area contributed by atoms with E-state index in [1.807, 2.05) is 79.1 Å². The van der Waals surface area contributed by atoms with Gasteiger partial charge in [0.1, 0.15) is 5.82 Å². The molecule has 212 valence electrons. The smallest absolute Gasteiger partial charge is 0.303 e. The highest BCUT2D eigenvalue weighted by atomic mass is 16.4. The molecule has 0 fully saturated rings. The molecule has 1 aromatic heterocycles. The van der Waals surface area contributed by atoms with Crippen molar-refractivity contribution in [1.82, 2.24) is 9.88 Å². The van der Waals surface area contributed by atoms with E-state index in [4.69, 9.17) is 16.6 Å². The van der Waals surface area contributed by atoms with Gasteiger partial charge in [-0.15, -0.1) is 0 Å². The van der Waals surface area contributed by atoms with Gasteiger partial charge in [-0.1, -0.05) is 60.7 Å². The molecule has 3 rings (SSSR count). The lowest BCUT2D eigenvalue weighted by molar-refractivity contribution is -0.137. The number of carbonyl (C=O) groups excluding carboxylic acids is 2. The first-order valence-corrected chi connectivity index (χ1v) is 13.4. The van der Waals surface area contributed by atoms with Crippen LogP contribution in [0.3, 0.4) is 0 Å². The van der Waals surface area contributed by atoms with Crippen LogP contribution in [0.25, 0.3) is 22.4 Å². The molecule has 0 atom stereocenters. The van der Waals surface area contributed by atoms with E-state index in [2.05, 4.69) is 15.6 Å². The molecule has 0 spiro atoms. The summed E-state index contributed by atoms with van der Waals surface area (Å²) in [6.45, 7) is 4.85. The van der Waals surface area contributed by atoms with Gasteiger partial charge in [0.15, 0.2) is 5.96 Å². The van der Waals surface area contributed by atoms with Crippen LogP contribution in [0.2, 0.25) is 0 Å². The lowest BCUT2D eigenvalue weighted by Crippen LogP contribution is -2.27. The summed E-state index contributed by atoms with van der Waals surface area (Å²) in [5.41, 5.74) is 14.4. The van der Waals surface area contributed by atoms with Crippen molar-refractivity contribution in [2.45, 2.75) is 52.0 Å². The summed E-state index contributed by atoms with van der Waals surface area (Å²) in [6, 6.07) is 19.2. The Hall–Kier alpha value is -4.60. The standard InChI is InChI=1S/C30H38N6O4/c1-20(2)36-27(22-14-7-4-8-15-22)25(21-12-5-3-6-13-21)26(28(36)35-23(37)16-11-17-24(38)39)29(40)33-18-9-10-19-34-30(31)32/h3-8,12-15,20H,9-11,16-19H2,1-2H3,(H,33,40)(H,35,37)(H,38,39)(H4,31,32,34). The topological polar surface area (TPSA) is 165 Å². The normalized spacial score (nSPS) is 10.8. The predicted octanol–water partition coefficient (Wildman–Crippen LogP) is 4.38. The van der Waals surface area contributed by atoms with Gasteiger partial charge >= 0.3 is 5.97 Å². The van der Waals surface area contributed by atoms with Crippen LogP contribution in [0.1, 0.15) is 62.4 Å². The Bertz CT molecular complexity index is 1330. The van der Waals surface area contributed by atoms with Crippen molar-refractivity contribution in [3.05, 3.63) is 66.2 Å². The number of unbranched alkanes of at least 4 members (excludes halogenated alkanes) is 1. The van der Waals surface area contributed by atoms with Crippen LogP contribution in [0.5, 0.6) is 0 Å². The van der Waals surface area contributed by atoms with Gasteiger partial charge in [-0.2, -0.15) is 0 Å². The van der Waals surface area contributed by atoms with Crippen molar-refractivity contribution in [3.63, 3.8) is 0 Å². The maximum Gasteiger partial charge on any atom is 0.303 e. The number of carboxylic acid groups (broad SMARTS) is 1. The molecule has 10 nitrogen and oxygen atoms in total. The van der Waals surface area contributed by atoms with E-state index in [-0.39, 0.29) is 43.1 Å². The van der Waals surface area contributed by atoms with Crippen molar-refractivity contribution in [2.24, 2.45) is 16.5 Å². The average Bonchev–Trinajstić information content (AvgIpc) is 3.26. The van der Waals surface area contributed by atoms with Crippen molar-refractivity contribution in [2.75, 3.05) is 18.4 Å². The minimum atomic E-state index is -0.962. The zero-order valence-corrected chi connectivity index (χ0v) is 23.0. The molecule has 0 unspecified atom stereocenters. The van der Waals surface area contributed by atoms with Crippen LogP contribution in [-0.4, -0.2) is 46.5 Å². The summed E-state index contributed by atoms with van der Waals surface area (Å²) in [4.78, 5) is 41.9. The molecule has 0 aliphatic rings. The molecule has 3 aromatic rings. The summed E-state index contributed by atoms with van der Waals surface area (Å²) < 4.78 is 1.97. The number of nitrogens with one attached hydrogen (secondary N) is 2. The maximum atomic E-state index is 13.9. The molecule has 2 amide bonds. The number of carboxylic acids is 1. The highest BCUT2D eigenvalue weighted by molar-refractivity contribution is 6.12.